The van der Waals surface area contributed by atoms with Crippen LogP contribution >= 0.6 is 15.9 Å². The van der Waals surface area contributed by atoms with Crippen LogP contribution in [0.2, 0.25) is 0 Å². The van der Waals surface area contributed by atoms with Crippen molar-refractivity contribution in [2.45, 2.75) is 13.8 Å². The predicted octanol–water partition coefficient (Wildman–Crippen LogP) is 3.90. The van der Waals surface area contributed by atoms with Crippen molar-refractivity contribution in [3.63, 3.8) is 0 Å². The molecule has 0 saturated carbocycles. The summed E-state index contributed by atoms with van der Waals surface area (Å²) in [6, 6.07) is 10.7. The number of halogens is 1. The van der Waals surface area contributed by atoms with Crippen LogP contribution in [0.1, 0.15) is 21.5 Å². The average Bonchev–Trinajstić information content (AvgIpc) is 2.49. The number of aryl methyl sites for hydroxylation is 2. The molecule has 5 heteroatoms. The second-order valence-electron chi connectivity index (χ2n) is 4.91. The monoisotopic (exact) mass is 361 g/mol. The van der Waals surface area contributed by atoms with Crippen molar-refractivity contribution < 1.29 is 14.3 Å². The summed E-state index contributed by atoms with van der Waals surface area (Å²) in [4.78, 5) is 22.9. The minimum atomic E-state index is -0.269. The average molecular weight is 362 g/mol. The number of carbonyl (C=O) groups excluding carboxylic acids is 2. The van der Waals surface area contributed by atoms with E-state index in [9.17, 15) is 9.59 Å². The second-order valence-corrected chi connectivity index (χ2v) is 5.82. The van der Waals surface area contributed by atoms with Crippen molar-refractivity contribution in [2.24, 2.45) is 0 Å². The van der Waals surface area contributed by atoms with Gasteiger partial charge in [0.15, 0.2) is 12.9 Å². The molecule has 0 unspecified atom stereocenters. The molecule has 0 atom stereocenters. The minimum absolute atomic E-state index is 0.153. The Morgan fingerprint density at radius 3 is 2.50 bits per heavy atom. The molecule has 0 radical (unpaired) electrons. The summed E-state index contributed by atoms with van der Waals surface area (Å²) in [7, 11) is 0. The molecule has 0 aliphatic heterocycles. The molecule has 1 N–H and O–H groups in total. The van der Waals surface area contributed by atoms with Crippen LogP contribution in [0.25, 0.3) is 0 Å². The van der Waals surface area contributed by atoms with Gasteiger partial charge in [-0.1, -0.05) is 28.1 Å². The van der Waals surface area contributed by atoms with E-state index in [0.29, 0.717) is 17.6 Å². The molecule has 0 spiro atoms. The number of hydrogen-bond acceptors (Lipinski definition) is 3. The molecule has 1 amide bonds. The lowest BCUT2D eigenvalue weighted by Crippen LogP contribution is -2.21. The molecular weight excluding hydrogens is 346 g/mol. The van der Waals surface area contributed by atoms with Crippen molar-refractivity contribution in [3.8, 4) is 5.75 Å². The number of hydrogen-bond donors (Lipinski definition) is 1. The molecule has 0 aliphatic carbocycles. The van der Waals surface area contributed by atoms with E-state index in [-0.39, 0.29) is 12.5 Å². The molecule has 0 saturated heterocycles. The molecule has 0 fully saturated rings. The lowest BCUT2D eigenvalue weighted by Gasteiger charge is -2.13. The fourth-order valence-electron chi connectivity index (χ4n) is 2.14. The van der Waals surface area contributed by atoms with Crippen LogP contribution in [0.4, 0.5) is 5.69 Å². The van der Waals surface area contributed by atoms with Gasteiger partial charge in [0, 0.05) is 10.2 Å². The fraction of sp³-hybridized carbons (Fsp3) is 0.176. The number of amides is 1. The Kier molecular flexibility index (Phi) is 5.33. The molecule has 0 aromatic heterocycles. The van der Waals surface area contributed by atoms with Crippen molar-refractivity contribution in [1.82, 2.24) is 0 Å². The highest BCUT2D eigenvalue weighted by molar-refractivity contribution is 9.10. The Labute approximate surface area is 137 Å². The van der Waals surface area contributed by atoms with Crippen molar-refractivity contribution >= 4 is 33.8 Å². The van der Waals surface area contributed by atoms with E-state index in [1.165, 1.54) is 0 Å². The molecule has 2 rings (SSSR count). The smallest absolute Gasteiger partial charge is 0.262 e. The van der Waals surface area contributed by atoms with Crippen molar-refractivity contribution in [2.75, 3.05) is 11.9 Å². The predicted molar refractivity (Wildman–Crippen MR) is 89.6 cm³/mol. The highest BCUT2D eigenvalue weighted by atomic mass is 79.9. The Morgan fingerprint density at radius 1 is 1.23 bits per heavy atom. The van der Waals surface area contributed by atoms with Crippen molar-refractivity contribution in [3.05, 3.63) is 57.6 Å². The van der Waals surface area contributed by atoms with Crippen LogP contribution in [0.5, 0.6) is 5.75 Å². The zero-order chi connectivity index (χ0) is 16.1. The first-order valence-electron chi connectivity index (χ1n) is 6.75. The largest absolute Gasteiger partial charge is 0.483 e. The quantitative estimate of drug-likeness (QED) is 0.821. The van der Waals surface area contributed by atoms with E-state index in [4.69, 9.17) is 4.74 Å². The van der Waals surface area contributed by atoms with Gasteiger partial charge >= 0.3 is 0 Å². The molecule has 2 aromatic carbocycles. The van der Waals surface area contributed by atoms with Crippen LogP contribution in [0, 0.1) is 13.8 Å². The molecule has 114 valence electrons. The Morgan fingerprint density at radius 2 is 1.86 bits per heavy atom. The zero-order valence-corrected chi connectivity index (χ0v) is 13.9. The topological polar surface area (TPSA) is 55.4 Å². The number of benzene rings is 2. The number of ether oxygens (including phenoxy) is 1. The maximum Gasteiger partial charge on any atom is 0.262 e. The van der Waals surface area contributed by atoms with E-state index in [0.717, 1.165) is 21.3 Å². The standard InChI is InChI=1S/C17H16BrNO3/c1-11-7-14(18)8-12(2)17(11)19-16(21)10-22-15-6-4-3-5-13(15)9-20/h3-9H,10H2,1-2H3,(H,19,21). The first-order valence-corrected chi connectivity index (χ1v) is 7.54. The summed E-state index contributed by atoms with van der Waals surface area (Å²) in [6.07, 6.45) is 0.705. The van der Waals surface area contributed by atoms with Gasteiger partial charge < -0.3 is 10.1 Å². The minimum Gasteiger partial charge on any atom is -0.483 e. The lowest BCUT2D eigenvalue weighted by molar-refractivity contribution is -0.118. The van der Waals surface area contributed by atoms with Gasteiger partial charge in [0.25, 0.3) is 5.91 Å². The van der Waals surface area contributed by atoms with Gasteiger partial charge in [-0.25, -0.2) is 0 Å². The van der Waals surface area contributed by atoms with Gasteiger partial charge in [-0.3, -0.25) is 9.59 Å². The van der Waals surface area contributed by atoms with Crippen LogP contribution in [-0.2, 0) is 4.79 Å². The Balaban J connectivity index is 2.04. The fourth-order valence-corrected chi connectivity index (χ4v) is 2.82. The third-order valence-electron chi connectivity index (χ3n) is 3.17. The highest BCUT2D eigenvalue weighted by Crippen LogP contribution is 2.25. The number of nitrogens with one attached hydrogen (secondary N) is 1. The SMILES string of the molecule is Cc1cc(Br)cc(C)c1NC(=O)COc1ccccc1C=O. The van der Waals surface area contributed by atoms with E-state index >= 15 is 0 Å². The molecule has 0 bridgehead atoms. The van der Waals surface area contributed by atoms with E-state index < -0.39 is 0 Å². The molecule has 2 aromatic rings. The highest BCUT2D eigenvalue weighted by Gasteiger charge is 2.10. The Bertz CT molecular complexity index is 690. The first kappa shape index (κ1) is 16.2. The molecular formula is C17H16BrNO3. The third-order valence-corrected chi connectivity index (χ3v) is 3.62. The number of rotatable bonds is 5. The zero-order valence-electron chi connectivity index (χ0n) is 12.4. The number of anilines is 1. The van der Waals surface area contributed by atoms with Crippen LogP contribution in [0.15, 0.2) is 40.9 Å². The number of para-hydroxylation sites is 1. The van der Waals surface area contributed by atoms with Gasteiger partial charge in [-0.2, -0.15) is 0 Å². The van der Waals surface area contributed by atoms with Gasteiger partial charge in [0.2, 0.25) is 0 Å². The summed E-state index contributed by atoms with van der Waals surface area (Å²) in [6.45, 7) is 3.70. The lowest BCUT2D eigenvalue weighted by atomic mass is 10.1. The van der Waals surface area contributed by atoms with Gasteiger partial charge in [0.1, 0.15) is 5.75 Å². The van der Waals surface area contributed by atoms with Crippen LogP contribution < -0.4 is 10.1 Å². The third kappa shape index (κ3) is 3.95. The Hall–Kier alpha value is -2.14. The summed E-state index contributed by atoms with van der Waals surface area (Å²) >= 11 is 3.42. The second kappa shape index (κ2) is 7.22. The molecule has 22 heavy (non-hydrogen) atoms. The van der Waals surface area contributed by atoms with Crippen LogP contribution in [0.3, 0.4) is 0 Å². The molecule has 4 nitrogen and oxygen atoms in total. The summed E-state index contributed by atoms with van der Waals surface area (Å²) in [5.41, 5.74) is 3.13. The van der Waals surface area contributed by atoms with Gasteiger partial charge in [0.05, 0.1) is 5.56 Å². The van der Waals surface area contributed by atoms with E-state index in [1.807, 2.05) is 26.0 Å². The van der Waals surface area contributed by atoms with Gasteiger partial charge in [-0.15, -0.1) is 0 Å². The summed E-state index contributed by atoms with van der Waals surface area (Å²) in [5.74, 6) is 0.131. The maximum atomic E-state index is 12.0. The van der Waals surface area contributed by atoms with E-state index in [2.05, 4.69) is 21.2 Å². The molecule has 0 heterocycles. The van der Waals surface area contributed by atoms with Crippen LogP contribution in [-0.4, -0.2) is 18.8 Å². The van der Waals surface area contributed by atoms with Crippen molar-refractivity contribution in [1.29, 1.82) is 0 Å². The summed E-state index contributed by atoms with van der Waals surface area (Å²) < 4.78 is 6.38. The molecule has 0 aliphatic rings. The van der Waals surface area contributed by atoms with Gasteiger partial charge in [-0.05, 0) is 49.2 Å². The van der Waals surface area contributed by atoms with E-state index in [1.54, 1.807) is 24.3 Å². The summed E-state index contributed by atoms with van der Waals surface area (Å²) in [5, 5.41) is 2.84. The number of carbonyl (C=O) groups is 2. The maximum absolute atomic E-state index is 12.0. The normalized spacial score (nSPS) is 10.1. The number of aldehydes is 1. The first-order chi connectivity index (χ1) is 10.5.